The lowest BCUT2D eigenvalue weighted by Crippen LogP contribution is -2.57. The maximum atomic E-state index is 12.1. The van der Waals surface area contributed by atoms with E-state index in [-0.39, 0.29) is 18.1 Å². The average molecular weight is 335 g/mol. The summed E-state index contributed by atoms with van der Waals surface area (Å²) in [7, 11) is 0. The lowest BCUT2D eigenvalue weighted by atomic mass is 10.0. The van der Waals surface area contributed by atoms with Crippen molar-refractivity contribution in [2.45, 2.75) is 38.8 Å². The molecule has 0 aliphatic carbocycles. The molecule has 7 nitrogen and oxygen atoms in total. The van der Waals surface area contributed by atoms with Gasteiger partial charge in [-0.05, 0) is 39.3 Å². The van der Waals surface area contributed by atoms with E-state index in [4.69, 9.17) is 4.74 Å². The molecule has 2 heterocycles. The minimum absolute atomic E-state index is 0.155. The Morgan fingerprint density at radius 2 is 2.25 bits per heavy atom. The number of nitrogens with one attached hydrogen (secondary N) is 1. The smallest absolute Gasteiger partial charge is 0.323 e. The van der Waals surface area contributed by atoms with E-state index in [2.05, 4.69) is 10.3 Å². The first kappa shape index (κ1) is 18.4. The summed E-state index contributed by atoms with van der Waals surface area (Å²) in [6.07, 6.45) is 2.32. The van der Waals surface area contributed by atoms with Gasteiger partial charge in [0.25, 0.3) is 5.91 Å². The summed E-state index contributed by atoms with van der Waals surface area (Å²) in [6.45, 7) is 7.51. The number of morpholine rings is 1. The fourth-order valence-electron chi connectivity index (χ4n) is 2.82. The van der Waals surface area contributed by atoms with Crippen LogP contribution in [0.25, 0.3) is 0 Å². The van der Waals surface area contributed by atoms with Gasteiger partial charge in [-0.1, -0.05) is 0 Å². The van der Waals surface area contributed by atoms with Gasteiger partial charge in [0.05, 0.1) is 17.8 Å². The maximum Gasteiger partial charge on any atom is 0.323 e. The first-order chi connectivity index (χ1) is 11.3. The molecule has 1 fully saturated rings. The highest BCUT2D eigenvalue weighted by atomic mass is 16.5. The van der Waals surface area contributed by atoms with Crippen LogP contribution in [0, 0.1) is 6.92 Å². The highest BCUT2D eigenvalue weighted by Gasteiger charge is 2.37. The summed E-state index contributed by atoms with van der Waals surface area (Å²) in [6, 6.07) is 2.84. The molecule has 2 rings (SSSR count). The molecule has 1 atom stereocenters. The first-order valence-electron chi connectivity index (χ1n) is 8.11. The van der Waals surface area contributed by atoms with Gasteiger partial charge in [0.1, 0.15) is 6.04 Å². The molecular weight excluding hydrogens is 310 g/mol. The zero-order valence-electron chi connectivity index (χ0n) is 14.4. The van der Waals surface area contributed by atoms with Gasteiger partial charge >= 0.3 is 5.97 Å². The van der Waals surface area contributed by atoms with Crippen LogP contribution in [-0.4, -0.2) is 64.8 Å². The third-order valence-electron chi connectivity index (χ3n) is 4.10. The molecule has 24 heavy (non-hydrogen) atoms. The van der Waals surface area contributed by atoms with Crippen molar-refractivity contribution in [2.75, 3.05) is 26.2 Å². The minimum atomic E-state index is -0.875. The van der Waals surface area contributed by atoms with Crippen LogP contribution in [0.1, 0.15) is 36.3 Å². The number of aryl methyl sites for hydroxylation is 1. The third-order valence-corrected chi connectivity index (χ3v) is 4.10. The molecule has 0 radical (unpaired) electrons. The third kappa shape index (κ3) is 4.75. The largest absolute Gasteiger partial charge is 0.480 e. The average Bonchev–Trinajstić information content (AvgIpc) is 2.50. The summed E-state index contributed by atoms with van der Waals surface area (Å²) < 4.78 is 5.59. The van der Waals surface area contributed by atoms with Gasteiger partial charge in [0, 0.05) is 31.5 Å². The lowest BCUT2D eigenvalue weighted by molar-refractivity contribution is -0.162. The Kier molecular flexibility index (Phi) is 5.90. The zero-order chi connectivity index (χ0) is 17.7. The molecule has 1 aliphatic heterocycles. The monoisotopic (exact) mass is 335 g/mol. The quantitative estimate of drug-likeness (QED) is 0.756. The molecular formula is C17H25N3O4. The van der Waals surface area contributed by atoms with Gasteiger partial charge in [-0.2, -0.15) is 0 Å². The number of aromatic nitrogens is 1. The summed E-state index contributed by atoms with van der Waals surface area (Å²) >= 11 is 0. The highest BCUT2D eigenvalue weighted by molar-refractivity contribution is 5.95. The van der Waals surface area contributed by atoms with E-state index in [1.807, 2.05) is 18.7 Å². The van der Waals surface area contributed by atoms with E-state index >= 15 is 0 Å². The molecule has 1 amide bonds. The van der Waals surface area contributed by atoms with Gasteiger partial charge in [-0.25, -0.2) is 0 Å². The standard InChI is InChI=1S/C17H25N3O4/c1-12-13(6-4-7-18-12)15(21)19-8-5-9-20-11-17(2,3)24-10-14(20)16(22)23/h4,6-7,14H,5,8-11H2,1-3H3,(H,19,21)(H,22,23). The number of pyridine rings is 1. The number of carbonyl (C=O) groups is 2. The Morgan fingerprint density at radius 1 is 1.50 bits per heavy atom. The maximum absolute atomic E-state index is 12.1. The first-order valence-corrected chi connectivity index (χ1v) is 8.11. The number of ether oxygens (including phenoxy) is 1. The van der Waals surface area contributed by atoms with Crippen LogP contribution in [0.2, 0.25) is 0 Å². The van der Waals surface area contributed by atoms with Crippen molar-refractivity contribution < 1.29 is 19.4 Å². The number of carboxylic acid groups (broad SMARTS) is 1. The predicted octanol–water partition coefficient (Wildman–Crippen LogP) is 1.07. The van der Waals surface area contributed by atoms with Crippen molar-refractivity contribution in [3.8, 4) is 0 Å². The van der Waals surface area contributed by atoms with Gasteiger partial charge in [0.15, 0.2) is 0 Å². The topological polar surface area (TPSA) is 91.8 Å². The van der Waals surface area contributed by atoms with Gasteiger partial charge in [-0.3, -0.25) is 19.5 Å². The van der Waals surface area contributed by atoms with Crippen LogP contribution < -0.4 is 5.32 Å². The molecule has 132 valence electrons. The van der Waals surface area contributed by atoms with E-state index in [0.717, 1.165) is 0 Å². The summed E-state index contributed by atoms with van der Waals surface area (Å²) in [5.74, 6) is -1.03. The summed E-state index contributed by atoms with van der Waals surface area (Å²) in [5.41, 5.74) is 0.895. The Balaban J connectivity index is 1.83. The molecule has 0 spiro atoms. The number of hydrogen-bond donors (Lipinski definition) is 2. The molecule has 0 saturated carbocycles. The van der Waals surface area contributed by atoms with Crippen LogP contribution >= 0.6 is 0 Å². The number of carbonyl (C=O) groups excluding carboxylic acids is 1. The van der Waals surface area contributed by atoms with E-state index in [0.29, 0.717) is 37.3 Å². The number of nitrogens with zero attached hydrogens (tertiary/aromatic N) is 2. The normalized spacial score (nSPS) is 20.5. The number of hydrogen-bond acceptors (Lipinski definition) is 5. The summed E-state index contributed by atoms with van der Waals surface area (Å²) in [5, 5.41) is 12.2. The molecule has 1 unspecified atom stereocenters. The van der Waals surface area contributed by atoms with E-state index < -0.39 is 12.0 Å². The van der Waals surface area contributed by atoms with Gasteiger partial charge in [0.2, 0.25) is 0 Å². The molecule has 1 aromatic heterocycles. The molecule has 1 aliphatic rings. The number of rotatable bonds is 6. The fraction of sp³-hybridized carbons (Fsp3) is 0.588. The van der Waals surface area contributed by atoms with Crippen molar-refractivity contribution in [1.82, 2.24) is 15.2 Å². The Labute approximate surface area is 142 Å². The number of carboxylic acids is 1. The number of amides is 1. The molecule has 1 aromatic rings. The predicted molar refractivity (Wildman–Crippen MR) is 89.0 cm³/mol. The van der Waals surface area contributed by atoms with Crippen LogP contribution in [0.3, 0.4) is 0 Å². The second kappa shape index (κ2) is 7.72. The molecule has 0 bridgehead atoms. The van der Waals surface area contributed by atoms with Crippen molar-refractivity contribution >= 4 is 11.9 Å². The zero-order valence-corrected chi connectivity index (χ0v) is 14.4. The second-order valence-electron chi connectivity index (χ2n) is 6.64. The van der Waals surface area contributed by atoms with E-state index in [9.17, 15) is 14.7 Å². The van der Waals surface area contributed by atoms with Crippen molar-refractivity contribution in [3.05, 3.63) is 29.6 Å². The molecule has 7 heteroatoms. The minimum Gasteiger partial charge on any atom is -0.480 e. The Hall–Kier alpha value is -1.99. The van der Waals surface area contributed by atoms with Crippen LogP contribution in [0.4, 0.5) is 0 Å². The number of aliphatic carboxylic acids is 1. The van der Waals surface area contributed by atoms with Crippen LogP contribution in [0.5, 0.6) is 0 Å². The second-order valence-corrected chi connectivity index (χ2v) is 6.64. The van der Waals surface area contributed by atoms with E-state index in [1.54, 1.807) is 25.3 Å². The van der Waals surface area contributed by atoms with Crippen molar-refractivity contribution in [2.24, 2.45) is 0 Å². The van der Waals surface area contributed by atoms with Crippen molar-refractivity contribution in [3.63, 3.8) is 0 Å². The van der Waals surface area contributed by atoms with E-state index in [1.165, 1.54) is 0 Å². The SMILES string of the molecule is Cc1ncccc1C(=O)NCCCN1CC(C)(C)OCC1C(=O)O. The molecule has 2 N–H and O–H groups in total. The molecule has 1 saturated heterocycles. The van der Waals surface area contributed by atoms with Crippen molar-refractivity contribution in [1.29, 1.82) is 0 Å². The lowest BCUT2D eigenvalue weighted by Gasteiger charge is -2.41. The van der Waals surface area contributed by atoms with Crippen LogP contribution in [0.15, 0.2) is 18.3 Å². The van der Waals surface area contributed by atoms with Gasteiger partial charge < -0.3 is 15.2 Å². The summed E-state index contributed by atoms with van der Waals surface area (Å²) in [4.78, 5) is 29.5. The Bertz CT molecular complexity index is 603. The van der Waals surface area contributed by atoms with Gasteiger partial charge in [-0.15, -0.1) is 0 Å². The van der Waals surface area contributed by atoms with Crippen LogP contribution in [-0.2, 0) is 9.53 Å². The molecule has 0 aromatic carbocycles. The highest BCUT2D eigenvalue weighted by Crippen LogP contribution is 2.21. The fourth-order valence-corrected chi connectivity index (χ4v) is 2.82. The Morgan fingerprint density at radius 3 is 2.92 bits per heavy atom.